The van der Waals surface area contributed by atoms with E-state index >= 15 is 0 Å². The smallest absolute Gasteiger partial charge is 0.152 e. The van der Waals surface area contributed by atoms with Gasteiger partial charge in [0.2, 0.25) is 0 Å². The van der Waals surface area contributed by atoms with E-state index in [-0.39, 0.29) is 0 Å². The van der Waals surface area contributed by atoms with Crippen molar-refractivity contribution in [3.8, 4) is 11.5 Å². The number of anilines is 1. The minimum absolute atomic E-state index is 0.641. The molecular weight excluding hydrogens is 268 g/mol. The van der Waals surface area contributed by atoms with Crippen LogP contribution in [0.4, 0.5) is 5.69 Å². The molecule has 3 nitrogen and oxygen atoms in total. The zero-order valence-corrected chi connectivity index (χ0v) is 12.5. The van der Waals surface area contributed by atoms with E-state index in [1.807, 2.05) is 38.1 Å². The lowest BCUT2D eigenvalue weighted by atomic mass is 10.1. The van der Waals surface area contributed by atoms with Crippen LogP contribution in [0.5, 0.6) is 11.5 Å². The highest BCUT2D eigenvalue weighted by Gasteiger charge is 2.10. The Bertz CT molecular complexity index is 793. The second-order valence-corrected chi connectivity index (χ2v) is 6.13. The van der Waals surface area contributed by atoms with Crippen LogP contribution < -0.4 is 10.5 Å². The summed E-state index contributed by atoms with van der Waals surface area (Å²) in [5, 5.41) is 1.03. The van der Waals surface area contributed by atoms with Gasteiger partial charge in [-0.25, -0.2) is 4.98 Å². The molecule has 102 valence electrons. The van der Waals surface area contributed by atoms with Gasteiger partial charge in [-0.1, -0.05) is 12.1 Å². The first kappa shape index (κ1) is 12.9. The topological polar surface area (TPSA) is 48.1 Å². The van der Waals surface area contributed by atoms with Crippen molar-refractivity contribution in [2.75, 3.05) is 5.73 Å². The number of thiazole rings is 1. The van der Waals surface area contributed by atoms with Crippen molar-refractivity contribution < 1.29 is 4.74 Å². The summed E-state index contributed by atoms with van der Waals surface area (Å²) in [5.41, 5.74) is 9.99. The Hall–Kier alpha value is -2.07. The molecule has 0 spiro atoms. The standard InChI is InChI=1S/C16H16N2OS/c1-9-5-4-6-14(10(9)2)19-15-8-13-16(7-12(15)17)20-11(3)18-13/h4-8H,17H2,1-3H3. The normalized spacial score (nSPS) is 10.9. The van der Waals surface area contributed by atoms with E-state index in [0.717, 1.165) is 26.5 Å². The molecule has 0 bridgehead atoms. The van der Waals surface area contributed by atoms with Crippen molar-refractivity contribution >= 4 is 27.2 Å². The molecule has 2 N–H and O–H groups in total. The van der Waals surface area contributed by atoms with Crippen LogP contribution >= 0.6 is 11.3 Å². The van der Waals surface area contributed by atoms with Crippen LogP contribution in [0.15, 0.2) is 30.3 Å². The number of hydrogen-bond acceptors (Lipinski definition) is 4. The Morgan fingerprint density at radius 3 is 2.70 bits per heavy atom. The van der Waals surface area contributed by atoms with Gasteiger partial charge in [0, 0.05) is 6.07 Å². The average Bonchev–Trinajstić information content (AvgIpc) is 2.74. The van der Waals surface area contributed by atoms with Gasteiger partial charge in [0.25, 0.3) is 0 Å². The Morgan fingerprint density at radius 2 is 1.90 bits per heavy atom. The lowest BCUT2D eigenvalue weighted by molar-refractivity contribution is 0.481. The minimum Gasteiger partial charge on any atom is -0.455 e. The summed E-state index contributed by atoms with van der Waals surface area (Å²) in [6, 6.07) is 9.85. The highest BCUT2D eigenvalue weighted by Crippen LogP contribution is 2.35. The molecule has 20 heavy (non-hydrogen) atoms. The number of hydrogen-bond donors (Lipinski definition) is 1. The van der Waals surface area contributed by atoms with Crippen molar-refractivity contribution in [2.24, 2.45) is 0 Å². The molecule has 0 amide bonds. The zero-order valence-electron chi connectivity index (χ0n) is 11.7. The summed E-state index contributed by atoms with van der Waals surface area (Å²) in [6.45, 7) is 6.11. The van der Waals surface area contributed by atoms with Crippen molar-refractivity contribution in [2.45, 2.75) is 20.8 Å². The third-order valence-corrected chi connectivity index (χ3v) is 4.34. The van der Waals surface area contributed by atoms with Crippen LogP contribution in [-0.2, 0) is 0 Å². The van der Waals surface area contributed by atoms with Crippen molar-refractivity contribution in [1.82, 2.24) is 4.98 Å². The van der Waals surface area contributed by atoms with E-state index in [1.54, 1.807) is 11.3 Å². The third kappa shape index (κ3) is 2.23. The first-order chi connectivity index (χ1) is 9.54. The van der Waals surface area contributed by atoms with Gasteiger partial charge in [-0.15, -0.1) is 11.3 Å². The van der Waals surface area contributed by atoms with Gasteiger partial charge in [0.15, 0.2) is 5.75 Å². The Balaban J connectivity index is 2.05. The van der Waals surface area contributed by atoms with Crippen LogP contribution in [0.25, 0.3) is 10.2 Å². The van der Waals surface area contributed by atoms with Gasteiger partial charge < -0.3 is 10.5 Å². The van der Waals surface area contributed by atoms with E-state index in [4.69, 9.17) is 10.5 Å². The highest BCUT2D eigenvalue weighted by atomic mass is 32.1. The number of nitrogens with two attached hydrogens (primary N) is 1. The van der Waals surface area contributed by atoms with E-state index in [9.17, 15) is 0 Å². The largest absolute Gasteiger partial charge is 0.455 e. The second-order valence-electron chi connectivity index (χ2n) is 4.89. The molecule has 3 aromatic rings. The Labute approximate surface area is 122 Å². The molecule has 0 aliphatic heterocycles. The van der Waals surface area contributed by atoms with E-state index < -0.39 is 0 Å². The van der Waals surface area contributed by atoms with Gasteiger partial charge in [-0.3, -0.25) is 0 Å². The van der Waals surface area contributed by atoms with Gasteiger partial charge in [0.05, 0.1) is 20.9 Å². The zero-order chi connectivity index (χ0) is 14.3. The molecule has 4 heteroatoms. The summed E-state index contributed by atoms with van der Waals surface area (Å²) in [7, 11) is 0. The maximum atomic E-state index is 6.09. The quantitative estimate of drug-likeness (QED) is 0.700. The first-order valence-corrected chi connectivity index (χ1v) is 7.27. The molecule has 0 aliphatic carbocycles. The van der Waals surface area contributed by atoms with Gasteiger partial charge >= 0.3 is 0 Å². The first-order valence-electron chi connectivity index (χ1n) is 6.45. The summed E-state index contributed by atoms with van der Waals surface area (Å²) >= 11 is 1.64. The van der Waals surface area contributed by atoms with Gasteiger partial charge in [-0.05, 0) is 44.0 Å². The molecule has 0 unspecified atom stereocenters. The predicted octanol–water partition coefficient (Wildman–Crippen LogP) is 4.60. The van der Waals surface area contributed by atoms with E-state index in [0.29, 0.717) is 11.4 Å². The van der Waals surface area contributed by atoms with Crippen molar-refractivity contribution in [3.63, 3.8) is 0 Å². The van der Waals surface area contributed by atoms with Crippen LogP contribution in [0, 0.1) is 20.8 Å². The summed E-state index contributed by atoms with van der Waals surface area (Å²) in [5.74, 6) is 1.50. The van der Waals surface area contributed by atoms with Crippen molar-refractivity contribution in [3.05, 3.63) is 46.5 Å². The van der Waals surface area contributed by atoms with Crippen molar-refractivity contribution in [1.29, 1.82) is 0 Å². The Kier molecular flexibility index (Phi) is 3.10. The van der Waals surface area contributed by atoms with E-state index in [1.165, 1.54) is 5.56 Å². The minimum atomic E-state index is 0.641. The average molecular weight is 284 g/mol. The highest BCUT2D eigenvalue weighted by molar-refractivity contribution is 7.18. The molecule has 3 rings (SSSR count). The number of aryl methyl sites for hydroxylation is 2. The molecule has 2 aromatic carbocycles. The second kappa shape index (κ2) is 4.80. The summed E-state index contributed by atoms with van der Waals surface area (Å²) in [4.78, 5) is 4.48. The molecule has 1 aromatic heterocycles. The summed E-state index contributed by atoms with van der Waals surface area (Å²) in [6.07, 6.45) is 0. The maximum Gasteiger partial charge on any atom is 0.152 e. The molecule has 0 aliphatic rings. The SMILES string of the molecule is Cc1nc2cc(Oc3cccc(C)c3C)c(N)cc2s1. The molecular formula is C16H16N2OS. The van der Waals surface area contributed by atoms with Crippen LogP contribution in [0.2, 0.25) is 0 Å². The van der Waals surface area contributed by atoms with E-state index in [2.05, 4.69) is 18.0 Å². The number of nitrogens with zero attached hydrogens (tertiary/aromatic N) is 1. The number of benzene rings is 2. The molecule has 0 atom stereocenters. The fourth-order valence-electron chi connectivity index (χ4n) is 2.13. The third-order valence-electron chi connectivity index (χ3n) is 3.40. The molecule has 0 radical (unpaired) electrons. The monoisotopic (exact) mass is 284 g/mol. The maximum absolute atomic E-state index is 6.09. The molecule has 0 saturated heterocycles. The van der Waals surface area contributed by atoms with Crippen LogP contribution in [0.1, 0.15) is 16.1 Å². The fourth-order valence-corrected chi connectivity index (χ4v) is 2.98. The summed E-state index contributed by atoms with van der Waals surface area (Å²) < 4.78 is 7.07. The molecule has 0 fully saturated rings. The molecule has 0 saturated carbocycles. The van der Waals surface area contributed by atoms with Crippen LogP contribution in [0.3, 0.4) is 0 Å². The lowest BCUT2D eigenvalue weighted by Gasteiger charge is -2.12. The number of nitrogen functional groups attached to an aromatic ring is 1. The van der Waals surface area contributed by atoms with Crippen LogP contribution in [-0.4, -0.2) is 4.98 Å². The van der Waals surface area contributed by atoms with Gasteiger partial charge in [-0.2, -0.15) is 0 Å². The number of aromatic nitrogens is 1. The molecule has 1 heterocycles. The number of rotatable bonds is 2. The number of ether oxygens (including phenoxy) is 1. The predicted molar refractivity (Wildman–Crippen MR) is 84.8 cm³/mol. The van der Waals surface area contributed by atoms with Gasteiger partial charge in [0.1, 0.15) is 5.75 Å². The fraction of sp³-hybridized carbons (Fsp3) is 0.188. The lowest BCUT2D eigenvalue weighted by Crippen LogP contribution is -1.94. The number of fused-ring (bicyclic) bond motifs is 1. The Morgan fingerprint density at radius 1 is 1.10 bits per heavy atom.